The Morgan fingerprint density at radius 3 is 1.79 bits per heavy atom. The van der Waals surface area contributed by atoms with E-state index < -0.39 is 17.5 Å². The van der Waals surface area contributed by atoms with Crippen LogP contribution in [0.3, 0.4) is 0 Å². The molecule has 0 N–H and O–H groups in total. The van der Waals surface area contributed by atoms with Gasteiger partial charge in [0.05, 0.1) is 0 Å². The fraction of sp³-hybridized carbons (Fsp3) is 0.769. The van der Waals surface area contributed by atoms with Crippen LogP contribution in [0, 0.1) is 42.1 Å². The molecule has 0 aromatic heterocycles. The molecule has 2 fully saturated rings. The predicted molar refractivity (Wildman–Crippen MR) is 115 cm³/mol. The van der Waals surface area contributed by atoms with Crippen molar-refractivity contribution in [3.63, 3.8) is 0 Å². The van der Waals surface area contributed by atoms with E-state index in [1.807, 2.05) is 0 Å². The minimum Gasteiger partial charge on any atom is -0.207 e. The second-order valence-electron chi connectivity index (χ2n) is 9.89. The first kappa shape index (κ1) is 22.7. The number of unbranched alkanes of at least 4 members (excludes halogenated alkanes) is 2. The topological polar surface area (TPSA) is 0 Å². The zero-order chi connectivity index (χ0) is 20.8. The molecule has 0 radical (unpaired) electrons. The number of benzene rings is 1. The van der Waals surface area contributed by atoms with Gasteiger partial charge in [0.25, 0.3) is 0 Å². The second-order valence-corrected chi connectivity index (χ2v) is 9.89. The summed E-state index contributed by atoms with van der Waals surface area (Å²) in [6.07, 6.45) is 17.3. The van der Waals surface area contributed by atoms with Gasteiger partial charge in [-0.05, 0) is 67.9 Å². The largest absolute Gasteiger partial charge is 0.207 e. The third kappa shape index (κ3) is 6.01. The summed E-state index contributed by atoms with van der Waals surface area (Å²) >= 11 is 0. The highest BCUT2D eigenvalue weighted by molar-refractivity contribution is 5.30. The minimum atomic E-state index is -0.957. The first-order valence-corrected chi connectivity index (χ1v) is 12.1. The Bertz CT molecular complexity index is 638. The molecule has 3 rings (SSSR count). The molecule has 0 amide bonds. The van der Waals surface area contributed by atoms with Crippen molar-refractivity contribution in [3.8, 4) is 0 Å². The maximum atomic E-state index is 14.3. The average molecular weight is 409 g/mol. The molecule has 164 valence electrons. The van der Waals surface area contributed by atoms with Crippen LogP contribution in [0.5, 0.6) is 0 Å². The molecule has 1 aromatic carbocycles. The Labute approximate surface area is 175 Å². The van der Waals surface area contributed by atoms with Crippen LogP contribution in [-0.4, -0.2) is 0 Å². The molecule has 0 unspecified atom stereocenters. The van der Waals surface area contributed by atoms with Crippen LogP contribution in [-0.2, 0) is 0 Å². The lowest BCUT2D eigenvalue weighted by molar-refractivity contribution is 0.221. The molecule has 29 heavy (non-hydrogen) atoms. The van der Waals surface area contributed by atoms with Crippen molar-refractivity contribution < 1.29 is 13.2 Å². The summed E-state index contributed by atoms with van der Waals surface area (Å²) in [6.45, 7) is 3.69. The van der Waals surface area contributed by atoms with Crippen LogP contribution in [0.15, 0.2) is 6.07 Å². The SMILES string of the molecule is CCCCCC1CCC(CCC2CCC(c3c(F)cc(C)c(F)c3F)CC2)CC1. The van der Waals surface area contributed by atoms with Crippen LogP contribution in [0.25, 0.3) is 0 Å². The zero-order valence-corrected chi connectivity index (χ0v) is 18.4. The molecule has 2 aliphatic rings. The fourth-order valence-corrected chi connectivity index (χ4v) is 5.80. The number of halogens is 3. The lowest BCUT2D eigenvalue weighted by atomic mass is 9.73. The van der Waals surface area contributed by atoms with Crippen molar-refractivity contribution in [2.45, 2.75) is 110 Å². The Balaban J connectivity index is 1.40. The zero-order valence-electron chi connectivity index (χ0n) is 18.4. The molecule has 3 heteroatoms. The van der Waals surface area contributed by atoms with Gasteiger partial charge in [-0.15, -0.1) is 0 Å². The van der Waals surface area contributed by atoms with Gasteiger partial charge in [0.1, 0.15) is 5.82 Å². The molecular formula is C26H39F3. The molecule has 0 bridgehead atoms. The maximum Gasteiger partial charge on any atom is 0.165 e. The highest BCUT2D eigenvalue weighted by Crippen LogP contribution is 2.42. The van der Waals surface area contributed by atoms with Gasteiger partial charge in [0.2, 0.25) is 0 Å². The summed E-state index contributed by atoms with van der Waals surface area (Å²) in [5.41, 5.74) is 0.0467. The first-order valence-electron chi connectivity index (χ1n) is 12.1. The second kappa shape index (κ2) is 10.9. The molecule has 0 spiro atoms. The summed E-state index contributed by atoms with van der Waals surface area (Å²) in [4.78, 5) is 0. The third-order valence-corrected chi connectivity index (χ3v) is 7.80. The number of hydrogen-bond acceptors (Lipinski definition) is 0. The van der Waals surface area contributed by atoms with Crippen molar-refractivity contribution in [2.75, 3.05) is 0 Å². The number of aryl methyl sites for hydroxylation is 1. The van der Waals surface area contributed by atoms with Gasteiger partial charge in [-0.3, -0.25) is 0 Å². The Morgan fingerprint density at radius 2 is 1.24 bits per heavy atom. The quantitative estimate of drug-likeness (QED) is 0.298. The fourth-order valence-electron chi connectivity index (χ4n) is 5.80. The van der Waals surface area contributed by atoms with Crippen LogP contribution in [0.1, 0.15) is 114 Å². The van der Waals surface area contributed by atoms with E-state index in [4.69, 9.17) is 0 Å². The Morgan fingerprint density at radius 1 is 0.724 bits per heavy atom. The molecule has 0 heterocycles. The average Bonchev–Trinajstić information content (AvgIpc) is 2.73. The lowest BCUT2D eigenvalue weighted by Crippen LogP contribution is -2.19. The highest BCUT2D eigenvalue weighted by Gasteiger charge is 2.29. The molecule has 2 aliphatic carbocycles. The van der Waals surface area contributed by atoms with Gasteiger partial charge in [-0.25, -0.2) is 13.2 Å². The molecule has 1 aromatic rings. The standard InChI is InChI=1S/C26H39F3/c1-3-4-5-6-19-7-9-20(10-8-19)11-12-21-13-15-22(16-14-21)24-23(27)17-18(2)25(28)26(24)29/h17,19-22H,3-16H2,1-2H3. The van der Waals surface area contributed by atoms with Gasteiger partial charge < -0.3 is 0 Å². The molecule has 0 atom stereocenters. The molecule has 0 nitrogen and oxygen atoms in total. The van der Waals surface area contributed by atoms with E-state index in [0.29, 0.717) is 5.92 Å². The van der Waals surface area contributed by atoms with E-state index >= 15 is 0 Å². The molecule has 0 aliphatic heterocycles. The van der Waals surface area contributed by atoms with Crippen molar-refractivity contribution in [1.29, 1.82) is 0 Å². The van der Waals surface area contributed by atoms with Crippen molar-refractivity contribution in [3.05, 3.63) is 34.6 Å². The summed E-state index contributed by atoms with van der Waals surface area (Å²) < 4.78 is 42.5. The van der Waals surface area contributed by atoms with Crippen LogP contribution >= 0.6 is 0 Å². The summed E-state index contributed by atoms with van der Waals surface area (Å²) in [5, 5.41) is 0. The van der Waals surface area contributed by atoms with Crippen molar-refractivity contribution in [2.24, 2.45) is 17.8 Å². The Kier molecular flexibility index (Phi) is 8.50. The highest BCUT2D eigenvalue weighted by atomic mass is 19.2. The van der Waals surface area contributed by atoms with E-state index in [2.05, 4.69) is 6.92 Å². The predicted octanol–water partition coefficient (Wildman–Crippen LogP) is 8.85. The first-order chi connectivity index (χ1) is 14.0. The molecule has 2 saturated carbocycles. The van der Waals surface area contributed by atoms with Gasteiger partial charge in [-0.2, -0.15) is 0 Å². The van der Waals surface area contributed by atoms with Crippen LogP contribution in [0.4, 0.5) is 13.2 Å². The summed E-state index contributed by atoms with van der Waals surface area (Å²) in [7, 11) is 0. The van der Waals surface area contributed by atoms with Crippen LogP contribution in [0.2, 0.25) is 0 Å². The monoisotopic (exact) mass is 408 g/mol. The number of rotatable bonds is 8. The maximum absolute atomic E-state index is 14.3. The van der Waals surface area contributed by atoms with Gasteiger partial charge >= 0.3 is 0 Å². The third-order valence-electron chi connectivity index (χ3n) is 7.80. The van der Waals surface area contributed by atoms with E-state index in [1.54, 1.807) is 0 Å². The molecule has 0 saturated heterocycles. The summed E-state index contributed by atoms with van der Waals surface area (Å²) in [5.74, 6) is -0.0463. The van der Waals surface area contributed by atoms with E-state index in [9.17, 15) is 13.2 Å². The normalized spacial score (nSPS) is 27.9. The van der Waals surface area contributed by atoms with Gasteiger partial charge in [0, 0.05) is 5.56 Å². The van der Waals surface area contributed by atoms with E-state index in [1.165, 1.54) is 71.1 Å². The smallest absolute Gasteiger partial charge is 0.165 e. The van der Waals surface area contributed by atoms with Gasteiger partial charge in [0.15, 0.2) is 11.6 Å². The van der Waals surface area contributed by atoms with Crippen molar-refractivity contribution >= 4 is 0 Å². The Hall–Kier alpha value is -0.990. The van der Waals surface area contributed by atoms with E-state index in [0.717, 1.165) is 43.6 Å². The van der Waals surface area contributed by atoms with Crippen LogP contribution < -0.4 is 0 Å². The number of hydrogen-bond donors (Lipinski definition) is 0. The van der Waals surface area contributed by atoms with E-state index in [-0.39, 0.29) is 17.0 Å². The molecular weight excluding hydrogens is 369 g/mol. The lowest BCUT2D eigenvalue weighted by Gasteiger charge is -2.32. The summed E-state index contributed by atoms with van der Waals surface area (Å²) in [6, 6.07) is 1.15. The minimum absolute atomic E-state index is 0.00653. The van der Waals surface area contributed by atoms with Crippen molar-refractivity contribution in [1.82, 2.24) is 0 Å². The van der Waals surface area contributed by atoms with Gasteiger partial charge in [-0.1, -0.05) is 71.1 Å².